The van der Waals surface area contributed by atoms with Crippen molar-refractivity contribution >= 4 is 21.7 Å². The number of alkyl halides is 2. The van der Waals surface area contributed by atoms with Gasteiger partial charge >= 0.3 is 6.61 Å². The fourth-order valence-corrected chi connectivity index (χ4v) is 3.26. The van der Waals surface area contributed by atoms with E-state index < -0.39 is 6.61 Å². The van der Waals surface area contributed by atoms with E-state index in [0.717, 1.165) is 42.0 Å². The molecule has 1 aromatic carbocycles. The number of aromatic nitrogens is 2. The number of methoxy groups -OCH3 is 1. The minimum absolute atomic E-state index is 0.212. The molecular formula is C17H19BrF2N4O2. The van der Waals surface area contributed by atoms with Crippen molar-refractivity contribution in [2.24, 2.45) is 0 Å². The van der Waals surface area contributed by atoms with E-state index in [9.17, 15) is 8.78 Å². The third-order valence-electron chi connectivity index (χ3n) is 4.14. The summed E-state index contributed by atoms with van der Waals surface area (Å²) in [4.78, 5) is 12.9. The van der Waals surface area contributed by atoms with Crippen molar-refractivity contribution in [3.8, 4) is 11.6 Å². The number of rotatable bonds is 6. The van der Waals surface area contributed by atoms with Crippen LogP contribution in [0.5, 0.6) is 11.6 Å². The zero-order chi connectivity index (χ0) is 18.5. The quantitative estimate of drug-likeness (QED) is 0.704. The van der Waals surface area contributed by atoms with Gasteiger partial charge < -0.3 is 14.4 Å². The molecule has 0 spiro atoms. The molecule has 2 heterocycles. The van der Waals surface area contributed by atoms with Crippen molar-refractivity contribution in [2.75, 3.05) is 38.2 Å². The minimum atomic E-state index is -2.83. The third-order valence-corrected chi connectivity index (χ3v) is 4.63. The van der Waals surface area contributed by atoms with Crippen molar-refractivity contribution in [1.82, 2.24) is 14.9 Å². The largest absolute Gasteiger partial charge is 0.480 e. The van der Waals surface area contributed by atoms with Crippen LogP contribution in [-0.2, 0) is 6.54 Å². The maximum Gasteiger partial charge on any atom is 0.387 e. The molecule has 1 aliphatic rings. The summed E-state index contributed by atoms with van der Waals surface area (Å²) in [6.45, 7) is 0.790. The van der Waals surface area contributed by atoms with E-state index >= 15 is 0 Å². The summed E-state index contributed by atoms with van der Waals surface area (Å²) in [6, 6.07) is 5.08. The van der Waals surface area contributed by atoms with E-state index in [1.807, 2.05) is 6.07 Å². The highest BCUT2D eigenvalue weighted by molar-refractivity contribution is 9.10. The van der Waals surface area contributed by atoms with Gasteiger partial charge in [-0.1, -0.05) is 15.9 Å². The normalized spacial score (nSPS) is 15.3. The Kier molecular flexibility index (Phi) is 6.20. The Morgan fingerprint density at radius 1 is 1.19 bits per heavy atom. The smallest absolute Gasteiger partial charge is 0.387 e. The second-order valence-electron chi connectivity index (χ2n) is 5.81. The van der Waals surface area contributed by atoms with Crippen molar-refractivity contribution in [3.63, 3.8) is 0 Å². The Hall–Kier alpha value is -2.00. The van der Waals surface area contributed by atoms with Crippen molar-refractivity contribution in [3.05, 3.63) is 40.6 Å². The Balaban J connectivity index is 1.63. The summed E-state index contributed by atoms with van der Waals surface area (Å²) in [5.41, 5.74) is 0.731. The Morgan fingerprint density at radius 3 is 2.65 bits per heavy atom. The first-order chi connectivity index (χ1) is 12.5. The maximum absolute atomic E-state index is 12.6. The average molecular weight is 429 g/mol. The maximum atomic E-state index is 12.6. The second kappa shape index (κ2) is 8.59. The molecule has 1 saturated heterocycles. The molecule has 0 N–H and O–H groups in total. The lowest BCUT2D eigenvalue weighted by atomic mass is 10.1. The van der Waals surface area contributed by atoms with Gasteiger partial charge in [0.25, 0.3) is 0 Å². The molecule has 3 rings (SSSR count). The fraction of sp³-hybridized carbons (Fsp3) is 0.412. The Bertz CT molecular complexity index is 742. The molecule has 1 aliphatic heterocycles. The molecule has 9 heteroatoms. The lowest BCUT2D eigenvalue weighted by molar-refractivity contribution is -0.0508. The van der Waals surface area contributed by atoms with E-state index in [1.165, 1.54) is 0 Å². The van der Waals surface area contributed by atoms with E-state index in [0.29, 0.717) is 12.4 Å². The van der Waals surface area contributed by atoms with Gasteiger partial charge in [-0.15, -0.1) is 0 Å². The lowest BCUT2D eigenvalue weighted by Gasteiger charge is -2.35. The molecule has 0 bridgehead atoms. The van der Waals surface area contributed by atoms with Crippen LogP contribution in [0.25, 0.3) is 0 Å². The first-order valence-corrected chi connectivity index (χ1v) is 8.91. The molecule has 6 nitrogen and oxygen atoms in total. The number of piperazine rings is 1. The molecule has 0 unspecified atom stereocenters. The van der Waals surface area contributed by atoms with Crippen LogP contribution >= 0.6 is 15.9 Å². The number of ether oxygens (including phenoxy) is 2. The van der Waals surface area contributed by atoms with Gasteiger partial charge in [0.05, 0.1) is 19.5 Å². The topological polar surface area (TPSA) is 50.7 Å². The SMILES string of the molecule is COc1cncc(N2CCN(Cc3cc(Br)ccc3OC(F)F)CC2)n1. The summed E-state index contributed by atoms with van der Waals surface area (Å²) >= 11 is 3.38. The van der Waals surface area contributed by atoms with Gasteiger partial charge in [-0.3, -0.25) is 9.88 Å². The molecule has 0 radical (unpaired) electrons. The number of benzene rings is 1. The van der Waals surface area contributed by atoms with Crippen LogP contribution in [-0.4, -0.2) is 54.8 Å². The highest BCUT2D eigenvalue weighted by Crippen LogP contribution is 2.27. The van der Waals surface area contributed by atoms with E-state index in [4.69, 9.17) is 4.74 Å². The molecule has 1 aromatic heterocycles. The van der Waals surface area contributed by atoms with E-state index in [1.54, 1.807) is 31.6 Å². The van der Waals surface area contributed by atoms with Crippen LogP contribution in [0.4, 0.5) is 14.6 Å². The van der Waals surface area contributed by atoms with Gasteiger partial charge in [0.1, 0.15) is 5.75 Å². The summed E-state index contributed by atoms with van der Waals surface area (Å²) in [5, 5.41) is 0. The minimum Gasteiger partial charge on any atom is -0.480 e. The molecule has 0 saturated carbocycles. The van der Waals surface area contributed by atoms with Gasteiger partial charge in [0, 0.05) is 42.8 Å². The molecule has 2 aromatic rings. The van der Waals surface area contributed by atoms with Crippen LogP contribution in [0.3, 0.4) is 0 Å². The predicted octanol–water partition coefficient (Wildman–Crippen LogP) is 3.17. The average Bonchev–Trinajstić information content (AvgIpc) is 2.64. The monoisotopic (exact) mass is 428 g/mol. The van der Waals surface area contributed by atoms with Crippen molar-refractivity contribution in [1.29, 1.82) is 0 Å². The highest BCUT2D eigenvalue weighted by atomic mass is 79.9. The highest BCUT2D eigenvalue weighted by Gasteiger charge is 2.20. The lowest BCUT2D eigenvalue weighted by Crippen LogP contribution is -2.46. The second-order valence-corrected chi connectivity index (χ2v) is 6.73. The zero-order valence-corrected chi connectivity index (χ0v) is 15.8. The van der Waals surface area contributed by atoms with Gasteiger partial charge in [0.2, 0.25) is 5.88 Å². The first kappa shape index (κ1) is 18.8. The number of halogens is 3. The van der Waals surface area contributed by atoms with E-state index in [2.05, 4.69) is 40.4 Å². The molecule has 0 aliphatic carbocycles. The number of hydrogen-bond donors (Lipinski definition) is 0. The molecule has 0 atom stereocenters. The van der Waals surface area contributed by atoms with Crippen LogP contribution in [0.1, 0.15) is 5.56 Å². The summed E-state index contributed by atoms with van der Waals surface area (Å²) in [7, 11) is 1.56. The molecular weight excluding hydrogens is 410 g/mol. The van der Waals surface area contributed by atoms with Crippen LogP contribution in [0.15, 0.2) is 35.1 Å². The number of hydrogen-bond acceptors (Lipinski definition) is 6. The summed E-state index contributed by atoms with van der Waals surface area (Å²) < 4.78 is 35.8. The molecule has 26 heavy (non-hydrogen) atoms. The van der Waals surface area contributed by atoms with Gasteiger partial charge in [0.15, 0.2) is 5.82 Å². The third kappa shape index (κ3) is 4.79. The first-order valence-electron chi connectivity index (χ1n) is 8.11. The molecule has 140 valence electrons. The van der Waals surface area contributed by atoms with Crippen LogP contribution in [0, 0.1) is 0 Å². The number of anilines is 1. The van der Waals surface area contributed by atoms with Crippen molar-refractivity contribution in [2.45, 2.75) is 13.2 Å². The summed E-state index contributed by atoms with van der Waals surface area (Å²) in [5.74, 6) is 1.46. The van der Waals surface area contributed by atoms with Crippen LogP contribution < -0.4 is 14.4 Å². The standard InChI is InChI=1S/C17H19BrF2N4O2/c1-25-16-10-21-9-15(22-16)24-6-4-23(5-7-24)11-12-8-13(18)2-3-14(12)26-17(19)20/h2-3,8-10,17H,4-7,11H2,1H3. The molecule has 0 amide bonds. The summed E-state index contributed by atoms with van der Waals surface area (Å²) in [6.07, 6.45) is 3.28. The van der Waals surface area contributed by atoms with E-state index in [-0.39, 0.29) is 5.75 Å². The fourth-order valence-electron chi connectivity index (χ4n) is 2.85. The van der Waals surface area contributed by atoms with Crippen LogP contribution in [0.2, 0.25) is 0 Å². The zero-order valence-electron chi connectivity index (χ0n) is 14.2. The van der Waals surface area contributed by atoms with Gasteiger partial charge in [-0.25, -0.2) is 0 Å². The predicted molar refractivity (Wildman–Crippen MR) is 96.8 cm³/mol. The van der Waals surface area contributed by atoms with Crippen molar-refractivity contribution < 1.29 is 18.3 Å². The Morgan fingerprint density at radius 2 is 1.96 bits per heavy atom. The molecule has 1 fully saturated rings. The van der Waals surface area contributed by atoms with Gasteiger partial charge in [-0.05, 0) is 18.2 Å². The Labute approximate surface area is 158 Å². The van der Waals surface area contributed by atoms with Gasteiger partial charge in [-0.2, -0.15) is 13.8 Å². The number of nitrogens with zero attached hydrogens (tertiary/aromatic N) is 4.